The third-order valence-electron chi connectivity index (χ3n) is 5.32. The fraction of sp³-hybridized carbons (Fsp3) is 0.818. The highest BCUT2D eigenvalue weighted by Crippen LogP contribution is 2.34. The fourth-order valence-corrected chi connectivity index (χ4v) is 5.07. The maximum absolute atomic E-state index is 11.9. The molecule has 0 radical (unpaired) electrons. The van der Waals surface area contributed by atoms with Crippen molar-refractivity contribution in [2.45, 2.75) is 63.8 Å². The number of unbranched alkanes of at least 4 members (excludes halogenated alkanes) is 1. The lowest BCUT2D eigenvalue weighted by molar-refractivity contribution is -0.128. The van der Waals surface area contributed by atoms with Crippen molar-refractivity contribution in [2.75, 3.05) is 45.3 Å². The number of thioether (sulfide) groups is 1. The normalized spacial score (nSPS) is 22.5. The van der Waals surface area contributed by atoms with Crippen LogP contribution in [-0.4, -0.2) is 74.4 Å². The minimum absolute atomic E-state index is 0.0128. The fourth-order valence-electron chi connectivity index (χ4n) is 3.52. The van der Waals surface area contributed by atoms with E-state index in [1.54, 1.807) is 0 Å². The van der Waals surface area contributed by atoms with Crippen molar-refractivity contribution >= 4 is 23.6 Å². The quantitative estimate of drug-likeness (QED) is 0.293. The molecule has 2 heterocycles. The molecule has 0 aromatic carbocycles. The minimum Gasteiger partial charge on any atom is -0.379 e. The molecule has 0 aromatic heterocycles. The molecule has 2 saturated heterocycles. The van der Waals surface area contributed by atoms with E-state index in [1.165, 1.54) is 0 Å². The van der Waals surface area contributed by atoms with Crippen LogP contribution in [0.15, 0.2) is 12.4 Å². The van der Waals surface area contributed by atoms with Gasteiger partial charge in [-0.15, -0.1) is 0 Å². The predicted octanol–water partition coefficient (Wildman–Crippen LogP) is 1.38. The van der Waals surface area contributed by atoms with Gasteiger partial charge in [-0.3, -0.25) is 9.59 Å². The highest BCUT2D eigenvalue weighted by atomic mass is 32.2. The van der Waals surface area contributed by atoms with Gasteiger partial charge in [-0.1, -0.05) is 33.8 Å². The van der Waals surface area contributed by atoms with Crippen LogP contribution < -0.4 is 21.3 Å². The zero-order valence-corrected chi connectivity index (χ0v) is 20.1. The van der Waals surface area contributed by atoms with Gasteiger partial charge >= 0.3 is 0 Å². The molecule has 4 N–H and O–H groups in total. The summed E-state index contributed by atoms with van der Waals surface area (Å²) in [7, 11) is 0. The standard InChI is InChI=1S/C22H40N4O4S/c1-16-25-17-15-31-18(20(17)26-16)7-5-6-9-23-19(27)8-11-29-13-14-30-12-10-24-21(28)22(2,3)4/h17-18,20,25-26H,1,5-15H2,2-4H3,(H,23,27)(H,24,28)/t17-,18-,20-/m0/s1. The Morgan fingerprint density at radius 3 is 2.55 bits per heavy atom. The van der Waals surface area contributed by atoms with E-state index in [4.69, 9.17) is 9.47 Å². The molecular weight excluding hydrogens is 416 g/mol. The van der Waals surface area contributed by atoms with Crippen molar-refractivity contribution in [3.8, 4) is 0 Å². The van der Waals surface area contributed by atoms with Crippen molar-refractivity contribution < 1.29 is 19.1 Å². The van der Waals surface area contributed by atoms with Crippen LogP contribution in [0, 0.1) is 5.41 Å². The first-order valence-corrected chi connectivity index (χ1v) is 12.4. The van der Waals surface area contributed by atoms with Crippen LogP contribution in [0.25, 0.3) is 0 Å². The maximum Gasteiger partial charge on any atom is 0.225 e. The molecule has 2 aliphatic heterocycles. The molecule has 2 rings (SSSR count). The number of rotatable bonds is 14. The molecule has 0 bridgehead atoms. The van der Waals surface area contributed by atoms with Gasteiger partial charge in [0.1, 0.15) is 0 Å². The number of hydrogen-bond donors (Lipinski definition) is 4. The molecule has 2 fully saturated rings. The number of fused-ring (bicyclic) bond motifs is 1. The first kappa shape index (κ1) is 25.8. The van der Waals surface area contributed by atoms with Crippen molar-refractivity contribution in [2.24, 2.45) is 5.41 Å². The average molecular weight is 457 g/mol. The number of carbonyl (C=O) groups is 2. The Bertz CT molecular complexity index is 597. The van der Waals surface area contributed by atoms with Crippen molar-refractivity contribution in [3.05, 3.63) is 12.4 Å². The van der Waals surface area contributed by atoms with Crippen LogP contribution in [0.2, 0.25) is 0 Å². The zero-order chi connectivity index (χ0) is 22.7. The molecule has 0 unspecified atom stereocenters. The molecule has 9 heteroatoms. The molecular formula is C22H40N4O4S. The van der Waals surface area contributed by atoms with E-state index in [-0.39, 0.29) is 17.2 Å². The molecule has 0 aromatic rings. The van der Waals surface area contributed by atoms with Gasteiger partial charge in [-0.05, 0) is 12.8 Å². The summed E-state index contributed by atoms with van der Waals surface area (Å²) in [4.78, 5) is 23.6. The van der Waals surface area contributed by atoms with E-state index in [0.29, 0.717) is 63.3 Å². The third-order valence-corrected chi connectivity index (χ3v) is 6.83. The van der Waals surface area contributed by atoms with Gasteiger partial charge < -0.3 is 30.7 Å². The summed E-state index contributed by atoms with van der Waals surface area (Å²) in [6.07, 6.45) is 3.63. The summed E-state index contributed by atoms with van der Waals surface area (Å²) < 4.78 is 10.8. The Labute approximate surface area is 191 Å². The van der Waals surface area contributed by atoms with E-state index in [9.17, 15) is 9.59 Å². The summed E-state index contributed by atoms with van der Waals surface area (Å²) in [5, 5.41) is 13.3. The molecule has 2 amide bonds. The van der Waals surface area contributed by atoms with Gasteiger partial charge in [0, 0.05) is 35.9 Å². The second-order valence-electron chi connectivity index (χ2n) is 9.10. The monoisotopic (exact) mass is 456 g/mol. The first-order valence-electron chi connectivity index (χ1n) is 11.3. The van der Waals surface area contributed by atoms with E-state index in [2.05, 4.69) is 27.8 Å². The van der Waals surface area contributed by atoms with Crippen LogP contribution in [0.5, 0.6) is 0 Å². The molecule has 8 nitrogen and oxygen atoms in total. The Morgan fingerprint density at radius 1 is 1.06 bits per heavy atom. The van der Waals surface area contributed by atoms with Gasteiger partial charge in [0.25, 0.3) is 0 Å². The number of hydrogen-bond acceptors (Lipinski definition) is 7. The Balaban J connectivity index is 1.35. The third kappa shape index (κ3) is 9.70. The van der Waals surface area contributed by atoms with Crippen LogP contribution in [0.3, 0.4) is 0 Å². The number of ether oxygens (including phenoxy) is 2. The van der Waals surface area contributed by atoms with Crippen molar-refractivity contribution in [1.82, 2.24) is 21.3 Å². The number of carbonyl (C=O) groups excluding carboxylic acids is 2. The van der Waals surface area contributed by atoms with Crippen molar-refractivity contribution in [1.29, 1.82) is 0 Å². The lowest BCUT2D eigenvalue weighted by Crippen LogP contribution is -2.36. The molecule has 2 aliphatic rings. The lowest BCUT2D eigenvalue weighted by Gasteiger charge is -2.17. The summed E-state index contributed by atoms with van der Waals surface area (Å²) in [6, 6.07) is 1.01. The van der Waals surface area contributed by atoms with Crippen molar-refractivity contribution in [3.63, 3.8) is 0 Å². The van der Waals surface area contributed by atoms with Gasteiger partial charge in [0.15, 0.2) is 0 Å². The van der Waals surface area contributed by atoms with E-state index < -0.39 is 0 Å². The lowest BCUT2D eigenvalue weighted by atomic mass is 9.96. The predicted molar refractivity (Wildman–Crippen MR) is 125 cm³/mol. The molecule has 178 valence electrons. The van der Waals surface area contributed by atoms with E-state index >= 15 is 0 Å². The number of nitrogens with one attached hydrogen (secondary N) is 4. The second-order valence-corrected chi connectivity index (χ2v) is 10.4. The molecule has 0 saturated carbocycles. The Hall–Kier alpha value is -1.45. The number of amides is 2. The topological polar surface area (TPSA) is 101 Å². The largest absolute Gasteiger partial charge is 0.379 e. The summed E-state index contributed by atoms with van der Waals surface area (Å²) in [6.45, 7) is 12.5. The van der Waals surface area contributed by atoms with Crippen LogP contribution in [0.1, 0.15) is 46.5 Å². The van der Waals surface area contributed by atoms with Gasteiger partial charge in [0.05, 0.1) is 44.3 Å². The summed E-state index contributed by atoms with van der Waals surface area (Å²) in [5.41, 5.74) is -0.386. The van der Waals surface area contributed by atoms with Gasteiger partial charge in [-0.2, -0.15) is 11.8 Å². The SMILES string of the molecule is C=C1N[C@H]2[C@H](CS[C@H]2CCCCNC(=O)CCOCCOCCNC(=O)C(C)(C)C)N1. The second kappa shape index (κ2) is 13.2. The highest BCUT2D eigenvalue weighted by molar-refractivity contribution is 8.00. The van der Waals surface area contributed by atoms with Crippen LogP contribution >= 0.6 is 11.8 Å². The summed E-state index contributed by atoms with van der Waals surface area (Å²) >= 11 is 2.03. The van der Waals surface area contributed by atoms with E-state index in [1.807, 2.05) is 32.5 Å². The Morgan fingerprint density at radius 2 is 1.81 bits per heavy atom. The van der Waals surface area contributed by atoms with Gasteiger partial charge in [0.2, 0.25) is 11.8 Å². The molecule has 31 heavy (non-hydrogen) atoms. The van der Waals surface area contributed by atoms with E-state index in [0.717, 1.165) is 30.8 Å². The molecule has 0 spiro atoms. The van der Waals surface area contributed by atoms with Crippen LogP contribution in [-0.2, 0) is 19.1 Å². The van der Waals surface area contributed by atoms with Crippen LogP contribution in [0.4, 0.5) is 0 Å². The van der Waals surface area contributed by atoms with Gasteiger partial charge in [-0.25, -0.2) is 0 Å². The first-order chi connectivity index (χ1) is 14.8. The Kier molecular flexibility index (Phi) is 11.0. The zero-order valence-electron chi connectivity index (χ0n) is 19.3. The highest BCUT2D eigenvalue weighted by Gasteiger charge is 2.40. The average Bonchev–Trinajstić information content (AvgIpc) is 3.25. The summed E-state index contributed by atoms with van der Waals surface area (Å²) in [5.74, 6) is 2.13. The smallest absolute Gasteiger partial charge is 0.225 e. The molecule has 0 aliphatic carbocycles. The molecule has 3 atom stereocenters. The maximum atomic E-state index is 11.9. The minimum atomic E-state index is -0.386.